The molecular formula is C19H23FIN3O. The van der Waals surface area contributed by atoms with Crippen molar-refractivity contribution in [1.82, 2.24) is 0 Å². The minimum absolute atomic E-state index is 0. The molecule has 2 aromatic carbocycles. The number of nitrogens with two attached hydrogens (primary N) is 1. The predicted molar refractivity (Wildman–Crippen MR) is 110 cm³/mol. The molecule has 0 aliphatic heterocycles. The Hall–Kier alpha value is -1.67. The van der Waals surface area contributed by atoms with Gasteiger partial charge in [-0.1, -0.05) is 30.3 Å². The summed E-state index contributed by atoms with van der Waals surface area (Å²) in [4.78, 5) is 4.48. The number of methoxy groups -OCH3 is 1. The topological polar surface area (TPSA) is 59.6 Å². The lowest BCUT2D eigenvalue weighted by Crippen LogP contribution is -2.25. The number of guanidine groups is 1. The Morgan fingerprint density at radius 2 is 2.00 bits per heavy atom. The third kappa shape index (κ3) is 4.92. The van der Waals surface area contributed by atoms with E-state index in [0.29, 0.717) is 19.1 Å². The second-order valence-electron chi connectivity index (χ2n) is 6.21. The Kier molecular flexibility index (Phi) is 6.78. The van der Waals surface area contributed by atoms with Crippen LogP contribution < -0.4 is 11.1 Å². The molecule has 0 saturated heterocycles. The van der Waals surface area contributed by atoms with Gasteiger partial charge >= 0.3 is 0 Å². The summed E-state index contributed by atoms with van der Waals surface area (Å²) >= 11 is 0. The van der Waals surface area contributed by atoms with E-state index >= 15 is 0 Å². The van der Waals surface area contributed by atoms with E-state index in [1.54, 1.807) is 19.2 Å². The molecule has 0 radical (unpaired) electrons. The van der Waals surface area contributed by atoms with E-state index in [1.807, 2.05) is 30.3 Å². The predicted octanol–water partition coefficient (Wildman–Crippen LogP) is 4.05. The summed E-state index contributed by atoms with van der Waals surface area (Å²) in [7, 11) is 1.66. The van der Waals surface area contributed by atoms with Gasteiger partial charge in [-0.3, -0.25) is 4.99 Å². The second-order valence-corrected chi connectivity index (χ2v) is 6.21. The molecule has 0 aromatic heterocycles. The van der Waals surface area contributed by atoms with Gasteiger partial charge in [0.2, 0.25) is 0 Å². The SMILES string of the molecule is COCc1ccccc1NC(N)=NCC1(c2cccc(F)c2)CC1.I. The molecule has 1 saturated carbocycles. The van der Waals surface area contributed by atoms with Crippen molar-refractivity contribution in [2.45, 2.75) is 24.9 Å². The van der Waals surface area contributed by atoms with E-state index in [2.05, 4.69) is 10.3 Å². The molecule has 0 spiro atoms. The van der Waals surface area contributed by atoms with Crippen LogP contribution in [0.1, 0.15) is 24.0 Å². The summed E-state index contributed by atoms with van der Waals surface area (Å²) in [5.41, 5.74) is 8.87. The molecule has 25 heavy (non-hydrogen) atoms. The fourth-order valence-corrected chi connectivity index (χ4v) is 2.84. The van der Waals surface area contributed by atoms with Crippen LogP contribution in [0.25, 0.3) is 0 Å². The number of benzene rings is 2. The van der Waals surface area contributed by atoms with Crippen molar-refractivity contribution in [3.8, 4) is 0 Å². The zero-order chi connectivity index (χ0) is 17.0. The minimum Gasteiger partial charge on any atom is -0.380 e. The molecule has 0 unspecified atom stereocenters. The van der Waals surface area contributed by atoms with Gasteiger partial charge in [0.25, 0.3) is 0 Å². The number of nitrogens with zero attached hydrogens (tertiary/aromatic N) is 1. The van der Waals surface area contributed by atoms with Crippen molar-refractivity contribution in [2.75, 3.05) is 19.0 Å². The quantitative estimate of drug-likeness (QED) is 0.393. The summed E-state index contributed by atoms with van der Waals surface area (Å²) in [6, 6.07) is 14.6. The van der Waals surface area contributed by atoms with Gasteiger partial charge in [0.05, 0.1) is 13.2 Å². The van der Waals surface area contributed by atoms with Crippen LogP contribution in [-0.4, -0.2) is 19.6 Å². The first-order chi connectivity index (χ1) is 11.6. The van der Waals surface area contributed by atoms with E-state index in [4.69, 9.17) is 10.5 Å². The molecule has 2 aromatic rings. The Labute approximate surface area is 164 Å². The van der Waals surface area contributed by atoms with Crippen molar-refractivity contribution < 1.29 is 9.13 Å². The Morgan fingerprint density at radius 3 is 2.68 bits per heavy atom. The average Bonchev–Trinajstić information content (AvgIpc) is 3.36. The molecule has 3 N–H and O–H groups in total. The summed E-state index contributed by atoms with van der Waals surface area (Å²) in [5.74, 6) is 0.156. The Morgan fingerprint density at radius 1 is 1.24 bits per heavy atom. The number of para-hydroxylation sites is 1. The van der Waals surface area contributed by atoms with Crippen LogP contribution in [0.4, 0.5) is 10.1 Å². The van der Waals surface area contributed by atoms with E-state index in [9.17, 15) is 4.39 Å². The number of aliphatic imine (C=N–C) groups is 1. The number of ether oxygens (including phenoxy) is 1. The minimum atomic E-state index is -0.206. The molecule has 1 aliphatic carbocycles. The van der Waals surface area contributed by atoms with Crippen molar-refractivity contribution in [2.24, 2.45) is 10.7 Å². The van der Waals surface area contributed by atoms with Crippen LogP contribution in [0.5, 0.6) is 0 Å². The van der Waals surface area contributed by atoms with Gasteiger partial charge < -0.3 is 15.8 Å². The van der Waals surface area contributed by atoms with Crippen molar-refractivity contribution in [3.63, 3.8) is 0 Å². The largest absolute Gasteiger partial charge is 0.380 e. The highest BCUT2D eigenvalue weighted by atomic mass is 127. The highest BCUT2D eigenvalue weighted by Crippen LogP contribution is 2.48. The molecular weight excluding hydrogens is 432 g/mol. The van der Waals surface area contributed by atoms with Crippen LogP contribution >= 0.6 is 24.0 Å². The van der Waals surface area contributed by atoms with E-state index in [0.717, 1.165) is 29.7 Å². The lowest BCUT2D eigenvalue weighted by Gasteiger charge is -2.15. The number of halogens is 2. The highest BCUT2D eigenvalue weighted by molar-refractivity contribution is 14.0. The van der Waals surface area contributed by atoms with Crippen molar-refractivity contribution in [1.29, 1.82) is 0 Å². The van der Waals surface area contributed by atoms with Gasteiger partial charge in [-0.25, -0.2) is 4.39 Å². The maximum atomic E-state index is 13.4. The molecule has 0 atom stereocenters. The molecule has 6 heteroatoms. The standard InChI is InChI=1S/C19H22FN3O.HI/c1-24-12-14-5-2-3-8-17(14)23-18(21)22-13-19(9-10-19)15-6-4-7-16(20)11-15;/h2-8,11H,9-10,12-13H2,1H3,(H3,21,22,23);1H. The molecule has 0 amide bonds. The molecule has 0 bridgehead atoms. The lowest BCUT2D eigenvalue weighted by molar-refractivity contribution is 0.185. The first-order valence-electron chi connectivity index (χ1n) is 8.03. The van der Waals surface area contributed by atoms with Crippen LogP contribution in [-0.2, 0) is 16.8 Å². The number of anilines is 1. The fraction of sp³-hybridized carbons (Fsp3) is 0.316. The highest BCUT2D eigenvalue weighted by Gasteiger charge is 2.44. The number of nitrogens with one attached hydrogen (secondary N) is 1. The molecule has 134 valence electrons. The van der Waals surface area contributed by atoms with Gasteiger partial charge in [-0.15, -0.1) is 24.0 Å². The lowest BCUT2D eigenvalue weighted by atomic mass is 9.96. The van der Waals surface area contributed by atoms with Gasteiger partial charge in [-0.05, 0) is 36.6 Å². The maximum absolute atomic E-state index is 13.4. The van der Waals surface area contributed by atoms with E-state index in [-0.39, 0.29) is 35.2 Å². The zero-order valence-corrected chi connectivity index (χ0v) is 16.5. The van der Waals surface area contributed by atoms with Gasteiger partial charge in [0.1, 0.15) is 5.82 Å². The summed E-state index contributed by atoms with van der Waals surface area (Å²) in [6.07, 6.45) is 2.01. The molecule has 1 aliphatic rings. The van der Waals surface area contributed by atoms with Crippen LogP contribution in [0, 0.1) is 5.82 Å². The molecule has 3 rings (SSSR count). The Balaban J connectivity index is 0.00000225. The zero-order valence-electron chi connectivity index (χ0n) is 14.2. The number of hydrogen-bond donors (Lipinski definition) is 2. The third-order valence-electron chi connectivity index (χ3n) is 4.42. The molecule has 0 heterocycles. The number of hydrogen-bond acceptors (Lipinski definition) is 2. The summed E-state index contributed by atoms with van der Waals surface area (Å²) < 4.78 is 18.6. The molecule has 4 nitrogen and oxygen atoms in total. The second kappa shape index (κ2) is 8.62. The van der Waals surface area contributed by atoms with E-state index in [1.165, 1.54) is 6.07 Å². The van der Waals surface area contributed by atoms with Crippen molar-refractivity contribution >= 4 is 35.6 Å². The van der Waals surface area contributed by atoms with Gasteiger partial charge in [-0.2, -0.15) is 0 Å². The third-order valence-corrected chi connectivity index (χ3v) is 4.42. The molecule has 1 fully saturated rings. The smallest absolute Gasteiger partial charge is 0.193 e. The van der Waals surface area contributed by atoms with E-state index < -0.39 is 0 Å². The first-order valence-corrected chi connectivity index (χ1v) is 8.03. The number of rotatable bonds is 6. The van der Waals surface area contributed by atoms with Gasteiger partial charge in [0, 0.05) is 23.8 Å². The van der Waals surface area contributed by atoms with Crippen LogP contribution in [0.15, 0.2) is 53.5 Å². The Bertz CT molecular complexity index is 747. The monoisotopic (exact) mass is 455 g/mol. The average molecular weight is 455 g/mol. The van der Waals surface area contributed by atoms with Crippen LogP contribution in [0.3, 0.4) is 0 Å². The maximum Gasteiger partial charge on any atom is 0.193 e. The van der Waals surface area contributed by atoms with Gasteiger partial charge in [0.15, 0.2) is 5.96 Å². The normalized spacial score (nSPS) is 15.4. The van der Waals surface area contributed by atoms with Crippen molar-refractivity contribution in [3.05, 3.63) is 65.5 Å². The van der Waals surface area contributed by atoms with Crippen LogP contribution in [0.2, 0.25) is 0 Å². The fourth-order valence-electron chi connectivity index (χ4n) is 2.84. The first kappa shape index (κ1) is 19.7. The summed E-state index contributed by atoms with van der Waals surface area (Å²) in [5, 5.41) is 3.13. The summed E-state index contributed by atoms with van der Waals surface area (Å²) in [6.45, 7) is 1.06.